The first-order valence-electron chi connectivity index (χ1n) is 8.74. The third kappa shape index (κ3) is 4.42. The summed E-state index contributed by atoms with van der Waals surface area (Å²) in [6, 6.07) is 5.49. The molecule has 0 amide bonds. The van der Waals surface area contributed by atoms with Crippen LogP contribution < -0.4 is 15.9 Å². The molecule has 3 rings (SSSR count). The molecule has 138 valence electrons. The van der Waals surface area contributed by atoms with Gasteiger partial charge in [-0.05, 0) is 49.9 Å². The van der Waals surface area contributed by atoms with Gasteiger partial charge in [-0.3, -0.25) is 10.2 Å². The molecule has 1 saturated heterocycles. The fraction of sp³-hybridized carbons (Fsp3) is 0.389. The number of aromatic hydroxyl groups is 1. The van der Waals surface area contributed by atoms with Crippen LogP contribution in [0.15, 0.2) is 34.3 Å². The van der Waals surface area contributed by atoms with Crippen LogP contribution in [0.1, 0.15) is 37.3 Å². The first kappa shape index (κ1) is 18.4. The maximum atomic E-state index is 11.5. The fourth-order valence-electron chi connectivity index (χ4n) is 3.12. The molecule has 1 aliphatic rings. The maximum absolute atomic E-state index is 11.5. The van der Waals surface area contributed by atoms with Gasteiger partial charge in [0.2, 0.25) is 0 Å². The number of halogens is 1. The van der Waals surface area contributed by atoms with Gasteiger partial charge in [0.05, 0.1) is 25.0 Å². The number of benzene rings is 1. The second-order valence-electron chi connectivity index (χ2n) is 6.57. The van der Waals surface area contributed by atoms with E-state index in [-0.39, 0.29) is 5.02 Å². The third-order valence-corrected chi connectivity index (χ3v) is 5.01. The molecule has 2 aromatic rings. The van der Waals surface area contributed by atoms with Crippen LogP contribution in [0.4, 0.5) is 5.69 Å². The second-order valence-corrected chi connectivity index (χ2v) is 6.94. The van der Waals surface area contributed by atoms with Crippen molar-refractivity contribution in [1.29, 1.82) is 0 Å². The Morgan fingerprint density at radius 1 is 1.38 bits per heavy atom. The molecular weight excluding hydrogens is 354 g/mol. The molecule has 8 heteroatoms. The van der Waals surface area contributed by atoms with Crippen LogP contribution in [0.3, 0.4) is 0 Å². The Morgan fingerprint density at radius 3 is 2.92 bits per heavy atom. The maximum Gasteiger partial charge on any atom is 0.285 e. The number of hydrogen-bond acceptors (Lipinski definition) is 5. The normalized spacial score (nSPS) is 15.8. The zero-order valence-corrected chi connectivity index (χ0v) is 15.4. The van der Waals surface area contributed by atoms with Gasteiger partial charge in [0, 0.05) is 5.56 Å². The summed E-state index contributed by atoms with van der Waals surface area (Å²) >= 11 is 5.93. The quantitative estimate of drug-likeness (QED) is 0.470. The Kier molecular flexibility index (Phi) is 5.90. The van der Waals surface area contributed by atoms with Gasteiger partial charge >= 0.3 is 0 Å². The van der Waals surface area contributed by atoms with E-state index < -0.39 is 5.56 Å². The summed E-state index contributed by atoms with van der Waals surface area (Å²) in [6.07, 6.45) is 5.19. The van der Waals surface area contributed by atoms with Crippen molar-refractivity contribution in [3.63, 3.8) is 0 Å². The lowest BCUT2D eigenvalue weighted by atomic mass is 10.0. The number of nitrogens with zero attached hydrogens (tertiary/aromatic N) is 2. The van der Waals surface area contributed by atoms with Gasteiger partial charge in [0.1, 0.15) is 23.0 Å². The third-order valence-electron chi connectivity index (χ3n) is 4.64. The fourth-order valence-corrected chi connectivity index (χ4v) is 3.25. The monoisotopic (exact) mass is 376 g/mol. The summed E-state index contributed by atoms with van der Waals surface area (Å²) in [6.45, 7) is 4.95. The zero-order valence-electron chi connectivity index (χ0n) is 14.7. The molecule has 7 nitrogen and oxygen atoms in total. The van der Waals surface area contributed by atoms with Crippen molar-refractivity contribution in [2.75, 3.05) is 18.5 Å². The lowest BCUT2D eigenvalue weighted by molar-refractivity contribution is -0.918. The van der Waals surface area contributed by atoms with E-state index in [1.54, 1.807) is 6.07 Å². The van der Waals surface area contributed by atoms with Crippen molar-refractivity contribution in [3.05, 3.63) is 50.9 Å². The molecule has 26 heavy (non-hydrogen) atoms. The van der Waals surface area contributed by atoms with Crippen LogP contribution >= 0.6 is 11.6 Å². The average Bonchev–Trinajstić information content (AvgIpc) is 2.65. The minimum absolute atomic E-state index is 0.0108. The lowest BCUT2D eigenvalue weighted by Crippen LogP contribution is -3.11. The number of aromatic amines is 1. The van der Waals surface area contributed by atoms with Gasteiger partial charge in [-0.15, -0.1) is 0 Å². The molecule has 0 radical (unpaired) electrons. The number of quaternary nitrogens is 1. The van der Waals surface area contributed by atoms with Crippen LogP contribution in [0.2, 0.25) is 5.02 Å². The number of piperidine rings is 1. The Labute approximate surface area is 156 Å². The number of likely N-dealkylation sites (tertiary alicyclic amines) is 1. The highest BCUT2D eigenvalue weighted by Gasteiger charge is 2.16. The van der Waals surface area contributed by atoms with E-state index in [0.29, 0.717) is 11.4 Å². The Hall–Kier alpha value is -2.38. The Bertz CT molecular complexity index is 859. The SMILES string of the molecule is C/C(=N\Nc1cn[nH]c(=O)c1Cl)c1ccc(O)c(C[NH+]2CCCCC2)c1. The molecule has 0 saturated carbocycles. The van der Waals surface area contributed by atoms with E-state index in [1.165, 1.54) is 30.4 Å². The molecule has 1 aromatic carbocycles. The van der Waals surface area contributed by atoms with Crippen molar-refractivity contribution in [2.45, 2.75) is 32.7 Å². The van der Waals surface area contributed by atoms with E-state index in [0.717, 1.165) is 36.5 Å². The van der Waals surface area contributed by atoms with Gasteiger partial charge in [-0.25, -0.2) is 5.10 Å². The highest BCUT2D eigenvalue weighted by molar-refractivity contribution is 6.32. The van der Waals surface area contributed by atoms with Gasteiger partial charge in [0.15, 0.2) is 0 Å². The van der Waals surface area contributed by atoms with Gasteiger partial charge in [-0.2, -0.15) is 10.2 Å². The van der Waals surface area contributed by atoms with Crippen molar-refractivity contribution >= 4 is 23.0 Å². The van der Waals surface area contributed by atoms with Gasteiger partial charge < -0.3 is 10.0 Å². The number of rotatable bonds is 5. The second kappa shape index (κ2) is 8.33. The van der Waals surface area contributed by atoms with E-state index in [1.807, 2.05) is 19.1 Å². The zero-order chi connectivity index (χ0) is 18.5. The van der Waals surface area contributed by atoms with E-state index >= 15 is 0 Å². The predicted octanol–water partition coefficient (Wildman–Crippen LogP) is 1.53. The van der Waals surface area contributed by atoms with Gasteiger partial charge in [0.25, 0.3) is 5.56 Å². The van der Waals surface area contributed by atoms with Crippen LogP contribution in [0.25, 0.3) is 0 Å². The molecule has 1 aromatic heterocycles. The molecule has 0 unspecified atom stereocenters. The summed E-state index contributed by atoms with van der Waals surface area (Å²) in [5, 5.41) is 20.4. The average molecular weight is 377 g/mol. The number of hydrogen-bond donors (Lipinski definition) is 4. The molecule has 1 fully saturated rings. The predicted molar refractivity (Wildman–Crippen MR) is 102 cm³/mol. The number of H-pyrrole nitrogens is 1. The summed E-state index contributed by atoms with van der Waals surface area (Å²) in [5.74, 6) is 0.314. The van der Waals surface area contributed by atoms with Crippen LogP contribution in [0, 0.1) is 0 Å². The summed E-state index contributed by atoms with van der Waals surface area (Å²) in [7, 11) is 0. The molecule has 0 aliphatic carbocycles. The molecule has 0 atom stereocenters. The van der Waals surface area contributed by atoms with Crippen molar-refractivity contribution in [1.82, 2.24) is 10.2 Å². The molecular formula is C18H23ClN5O2+. The van der Waals surface area contributed by atoms with E-state index in [9.17, 15) is 9.90 Å². The minimum atomic E-state index is -0.471. The number of phenols is 1. The number of aromatic nitrogens is 2. The van der Waals surface area contributed by atoms with Crippen molar-refractivity contribution < 1.29 is 10.0 Å². The lowest BCUT2D eigenvalue weighted by Gasteiger charge is -2.24. The number of anilines is 1. The highest BCUT2D eigenvalue weighted by atomic mass is 35.5. The topological polar surface area (TPSA) is 94.8 Å². The summed E-state index contributed by atoms with van der Waals surface area (Å²) < 4.78 is 0. The van der Waals surface area contributed by atoms with E-state index in [4.69, 9.17) is 11.6 Å². The van der Waals surface area contributed by atoms with Crippen LogP contribution in [-0.4, -0.2) is 34.1 Å². The number of phenolic OH excluding ortho intramolecular Hbond substituents is 1. The number of hydrazone groups is 1. The van der Waals surface area contributed by atoms with Gasteiger partial charge in [-0.1, -0.05) is 11.6 Å². The van der Waals surface area contributed by atoms with Crippen LogP contribution in [0.5, 0.6) is 5.75 Å². The van der Waals surface area contributed by atoms with Crippen molar-refractivity contribution in [2.24, 2.45) is 5.10 Å². The molecule has 4 N–H and O–H groups in total. The minimum Gasteiger partial charge on any atom is -0.507 e. The highest BCUT2D eigenvalue weighted by Crippen LogP contribution is 2.19. The largest absolute Gasteiger partial charge is 0.507 e. The Morgan fingerprint density at radius 2 is 2.15 bits per heavy atom. The molecule has 1 aliphatic heterocycles. The smallest absolute Gasteiger partial charge is 0.285 e. The summed E-state index contributed by atoms with van der Waals surface area (Å²) in [5.41, 5.74) is 5.18. The van der Waals surface area contributed by atoms with Crippen molar-refractivity contribution in [3.8, 4) is 5.75 Å². The molecule has 0 bridgehead atoms. The number of nitrogens with one attached hydrogen (secondary N) is 3. The first-order valence-corrected chi connectivity index (χ1v) is 9.11. The Balaban J connectivity index is 1.76. The summed E-state index contributed by atoms with van der Waals surface area (Å²) in [4.78, 5) is 13.0. The van der Waals surface area contributed by atoms with E-state index in [2.05, 4.69) is 20.7 Å². The standard InChI is InChI=1S/C18H22ClN5O2/c1-12(21-22-15-10-20-23-18(26)17(15)19)13-5-6-16(25)14(9-13)11-24-7-3-2-4-8-24/h5-6,9-10,25H,2-4,7-8,11H2,1H3,(H2,22,23,26)/p+1/b21-12+. The first-order chi connectivity index (χ1) is 12.5. The van der Waals surface area contributed by atoms with Crippen LogP contribution in [-0.2, 0) is 6.54 Å². The molecule has 0 spiro atoms. The molecule has 2 heterocycles.